The number of imide groups is 2. The number of unbranched alkanes of at least 4 members (excludes halogenated alkanes) is 1. The molecule has 2 saturated heterocycles. The van der Waals surface area contributed by atoms with Gasteiger partial charge in [0.15, 0.2) is 0 Å². The smallest absolute Gasteiger partial charge is 0.329 e. The molecule has 2 heterocycles. The van der Waals surface area contributed by atoms with Gasteiger partial charge in [0.2, 0.25) is 23.6 Å². The number of amides is 4. The van der Waals surface area contributed by atoms with Crippen molar-refractivity contribution in [1.82, 2.24) is 9.80 Å². The van der Waals surface area contributed by atoms with Crippen LogP contribution >= 0.6 is 0 Å². The topological polar surface area (TPSA) is 101 Å². The van der Waals surface area contributed by atoms with Gasteiger partial charge in [-0.1, -0.05) is 24.3 Å². The van der Waals surface area contributed by atoms with E-state index in [-0.39, 0.29) is 77.4 Å². The molecule has 6 aliphatic rings. The normalized spacial score (nSPS) is 40.4. The lowest BCUT2D eigenvalue weighted by atomic mass is 9.85. The van der Waals surface area contributed by atoms with Gasteiger partial charge in [-0.25, -0.2) is 4.79 Å². The van der Waals surface area contributed by atoms with E-state index in [1.807, 2.05) is 12.2 Å². The number of hydrogen-bond donors (Lipinski definition) is 0. The minimum absolute atomic E-state index is 0.0768. The predicted molar refractivity (Wildman–Crippen MR) is 114 cm³/mol. The van der Waals surface area contributed by atoms with Crippen LogP contribution in [-0.4, -0.2) is 59.1 Å². The van der Waals surface area contributed by atoms with Gasteiger partial charge in [-0.2, -0.15) is 0 Å². The number of methoxy groups -OCH3 is 1. The van der Waals surface area contributed by atoms with E-state index in [0.29, 0.717) is 19.4 Å². The Labute approximate surface area is 192 Å². The van der Waals surface area contributed by atoms with Crippen molar-refractivity contribution in [3.05, 3.63) is 24.3 Å². The fourth-order valence-corrected chi connectivity index (χ4v) is 7.51. The fraction of sp³-hybridized carbons (Fsp3) is 0.640. The summed E-state index contributed by atoms with van der Waals surface area (Å²) in [5.74, 6) is -1.89. The van der Waals surface area contributed by atoms with E-state index in [9.17, 15) is 24.0 Å². The molecule has 8 heteroatoms. The van der Waals surface area contributed by atoms with Gasteiger partial charge in [0.1, 0.15) is 6.04 Å². The summed E-state index contributed by atoms with van der Waals surface area (Å²) in [4.78, 5) is 67.0. The lowest BCUT2D eigenvalue weighted by Gasteiger charge is -2.26. The highest BCUT2D eigenvalue weighted by atomic mass is 16.5. The molecule has 33 heavy (non-hydrogen) atoms. The molecule has 0 N–H and O–H groups in total. The first-order valence-corrected chi connectivity index (χ1v) is 12.1. The standard InChI is InChI=1S/C25H28N2O6/c1-33-25(32)16(27-23(30)19-14-7-8-15(11-14)20(19)24(27)31)4-2-3-9-26-21(28)17-12-5-6-13(10-12)18(17)22(26)29/h5-8,12-20H,2-4,9-11H2,1H3/t12-,13-,14-,15-,16-,17-,18-,19-,20-/m0/s1. The number of nitrogens with zero attached hydrogens (tertiary/aromatic N) is 2. The van der Waals surface area contributed by atoms with Crippen LogP contribution in [0.2, 0.25) is 0 Å². The molecular weight excluding hydrogens is 424 g/mol. The third kappa shape index (κ3) is 2.78. The monoisotopic (exact) mass is 452 g/mol. The van der Waals surface area contributed by atoms with Gasteiger partial charge >= 0.3 is 5.97 Å². The molecule has 0 radical (unpaired) electrons. The third-order valence-electron chi connectivity index (χ3n) is 8.96. The Balaban J connectivity index is 1.09. The highest BCUT2D eigenvalue weighted by Crippen LogP contribution is 2.54. The molecule has 4 aliphatic carbocycles. The van der Waals surface area contributed by atoms with Crippen molar-refractivity contribution in [2.24, 2.45) is 47.3 Å². The van der Waals surface area contributed by atoms with Crippen molar-refractivity contribution in [3.8, 4) is 0 Å². The predicted octanol–water partition coefficient (Wildman–Crippen LogP) is 1.31. The summed E-state index contributed by atoms with van der Waals surface area (Å²) in [6, 6.07) is -0.954. The zero-order valence-electron chi connectivity index (χ0n) is 18.6. The minimum atomic E-state index is -0.954. The van der Waals surface area contributed by atoms with Crippen LogP contribution in [0, 0.1) is 47.3 Å². The van der Waals surface area contributed by atoms with Gasteiger partial charge in [-0.3, -0.25) is 29.0 Å². The SMILES string of the molecule is COC(=O)[C@H](CCCCN1C(=O)[C@@H]2[C@@H](C1=O)[C@H]1C=C[C@H]2C1)N1C(=O)[C@@H]2[C@@H](C1=O)[C@H]1C=C[C@H]2C1. The molecular formula is C25H28N2O6. The van der Waals surface area contributed by atoms with Crippen molar-refractivity contribution in [2.45, 2.75) is 38.1 Å². The molecule has 2 aliphatic heterocycles. The van der Waals surface area contributed by atoms with Crippen molar-refractivity contribution in [1.29, 1.82) is 0 Å². The van der Waals surface area contributed by atoms with Crippen molar-refractivity contribution in [3.63, 3.8) is 0 Å². The van der Waals surface area contributed by atoms with Gasteiger partial charge in [0.25, 0.3) is 0 Å². The van der Waals surface area contributed by atoms with E-state index < -0.39 is 12.0 Å². The number of carbonyl (C=O) groups is 5. The molecule has 6 rings (SSSR count). The lowest BCUT2D eigenvalue weighted by molar-refractivity contribution is -0.157. The number of hydrogen-bond acceptors (Lipinski definition) is 6. The minimum Gasteiger partial charge on any atom is -0.467 e. The molecule has 174 valence electrons. The zero-order chi connectivity index (χ0) is 23.0. The first-order chi connectivity index (χ1) is 15.9. The molecule has 0 unspecified atom stereocenters. The van der Waals surface area contributed by atoms with E-state index in [4.69, 9.17) is 4.74 Å². The van der Waals surface area contributed by atoms with Crippen molar-refractivity contribution >= 4 is 29.6 Å². The van der Waals surface area contributed by atoms with Crippen LogP contribution in [0.4, 0.5) is 0 Å². The highest BCUT2D eigenvalue weighted by Gasteiger charge is 2.61. The Bertz CT molecular complexity index is 956. The van der Waals surface area contributed by atoms with Crippen LogP contribution in [0.25, 0.3) is 0 Å². The summed E-state index contributed by atoms with van der Waals surface area (Å²) in [5.41, 5.74) is 0. The second-order valence-electron chi connectivity index (χ2n) is 10.4. The maximum atomic E-state index is 13.1. The first kappa shape index (κ1) is 20.8. The third-order valence-corrected chi connectivity index (χ3v) is 8.96. The summed E-state index contributed by atoms with van der Waals surface area (Å²) in [6.07, 6.45) is 11.2. The van der Waals surface area contributed by atoms with Crippen LogP contribution in [-0.2, 0) is 28.7 Å². The van der Waals surface area contributed by atoms with Crippen LogP contribution in [0.1, 0.15) is 32.1 Å². The van der Waals surface area contributed by atoms with Gasteiger partial charge in [0.05, 0.1) is 30.8 Å². The Hall–Kier alpha value is -2.77. The fourth-order valence-electron chi connectivity index (χ4n) is 7.51. The van der Waals surface area contributed by atoms with Gasteiger partial charge in [-0.05, 0) is 55.8 Å². The molecule has 0 aromatic carbocycles. The average Bonchev–Trinajstić information content (AvgIpc) is 3.64. The van der Waals surface area contributed by atoms with E-state index in [0.717, 1.165) is 17.7 Å². The molecule has 4 amide bonds. The number of fused-ring (bicyclic) bond motifs is 10. The molecule has 0 aromatic heterocycles. The summed E-state index contributed by atoms with van der Waals surface area (Å²) in [5, 5.41) is 0. The highest BCUT2D eigenvalue weighted by molar-refractivity contribution is 6.09. The average molecular weight is 453 g/mol. The van der Waals surface area contributed by atoms with E-state index in [2.05, 4.69) is 12.2 Å². The molecule has 4 bridgehead atoms. The second-order valence-corrected chi connectivity index (χ2v) is 10.4. The summed E-state index contributed by atoms with van der Waals surface area (Å²) in [6.45, 7) is 0.305. The van der Waals surface area contributed by atoms with Gasteiger partial charge < -0.3 is 4.74 Å². The van der Waals surface area contributed by atoms with Crippen LogP contribution < -0.4 is 0 Å². The zero-order valence-corrected chi connectivity index (χ0v) is 18.6. The number of esters is 1. The van der Waals surface area contributed by atoms with Crippen LogP contribution in [0.15, 0.2) is 24.3 Å². The molecule has 0 aromatic rings. The Morgan fingerprint density at radius 1 is 0.818 bits per heavy atom. The molecule has 4 fully saturated rings. The molecule has 0 spiro atoms. The number of likely N-dealkylation sites (tertiary alicyclic amines) is 2. The number of ether oxygens (including phenoxy) is 1. The maximum absolute atomic E-state index is 13.1. The number of allylic oxidation sites excluding steroid dienone is 4. The van der Waals surface area contributed by atoms with Crippen LogP contribution in [0.5, 0.6) is 0 Å². The lowest BCUT2D eigenvalue weighted by Crippen LogP contribution is -2.47. The van der Waals surface area contributed by atoms with E-state index in [1.165, 1.54) is 12.0 Å². The van der Waals surface area contributed by atoms with Gasteiger partial charge in [0, 0.05) is 6.54 Å². The summed E-state index contributed by atoms with van der Waals surface area (Å²) >= 11 is 0. The quantitative estimate of drug-likeness (QED) is 0.250. The molecule has 8 nitrogen and oxygen atoms in total. The summed E-state index contributed by atoms with van der Waals surface area (Å²) < 4.78 is 4.93. The number of carbonyl (C=O) groups excluding carboxylic acids is 5. The first-order valence-electron chi connectivity index (χ1n) is 12.1. The Morgan fingerprint density at radius 2 is 1.27 bits per heavy atom. The second kappa shape index (κ2) is 7.37. The Morgan fingerprint density at radius 3 is 1.73 bits per heavy atom. The van der Waals surface area contributed by atoms with E-state index in [1.54, 1.807) is 0 Å². The van der Waals surface area contributed by atoms with Crippen molar-refractivity contribution < 1.29 is 28.7 Å². The number of rotatable bonds is 7. The maximum Gasteiger partial charge on any atom is 0.329 e. The van der Waals surface area contributed by atoms with Crippen molar-refractivity contribution in [2.75, 3.05) is 13.7 Å². The molecule has 2 saturated carbocycles. The van der Waals surface area contributed by atoms with Crippen LogP contribution in [0.3, 0.4) is 0 Å². The summed E-state index contributed by atoms with van der Waals surface area (Å²) in [7, 11) is 1.26. The molecule has 9 atom stereocenters. The Kier molecular flexibility index (Phi) is 4.65. The largest absolute Gasteiger partial charge is 0.467 e. The van der Waals surface area contributed by atoms with Gasteiger partial charge in [-0.15, -0.1) is 0 Å². The van der Waals surface area contributed by atoms with E-state index >= 15 is 0 Å².